The highest BCUT2D eigenvalue weighted by Gasteiger charge is 2.25. The summed E-state index contributed by atoms with van der Waals surface area (Å²) in [6.45, 7) is -0.554. The molecule has 92 valence electrons. The third kappa shape index (κ3) is 2.28. The summed E-state index contributed by atoms with van der Waals surface area (Å²) >= 11 is 0. The van der Waals surface area contributed by atoms with Gasteiger partial charge in [-0.05, 0) is 0 Å². The van der Waals surface area contributed by atoms with Crippen LogP contribution in [0.1, 0.15) is 15.9 Å². The average molecular weight is 247 g/mol. The van der Waals surface area contributed by atoms with Gasteiger partial charge in [0.15, 0.2) is 6.61 Å². The Morgan fingerprint density at radius 1 is 1.22 bits per heavy atom. The van der Waals surface area contributed by atoms with Crippen molar-refractivity contribution in [2.75, 3.05) is 6.61 Å². The Morgan fingerprint density at radius 2 is 1.89 bits per heavy atom. The number of benzene rings is 1. The molecule has 0 radical (unpaired) electrons. The number of hydrogen-bond donors (Lipinski definition) is 2. The van der Waals surface area contributed by atoms with Gasteiger partial charge in [-0.25, -0.2) is 4.79 Å². The van der Waals surface area contributed by atoms with Crippen LogP contribution in [-0.4, -0.2) is 29.2 Å². The van der Waals surface area contributed by atoms with Gasteiger partial charge in [0.2, 0.25) is 11.6 Å². The topological polar surface area (TPSA) is 92.7 Å². The van der Waals surface area contributed by atoms with Gasteiger partial charge in [0.25, 0.3) is 0 Å². The minimum atomic E-state index is -1.14. The maximum Gasteiger partial charge on any atom is 0.332 e. The summed E-state index contributed by atoms with van der Waals surface area (Å²) in [5.41, 5.74) is 3.42. The number of carbonyl (C=O) groups excluding carboxylic acids is 2. The van der Waals surface area contributed by atoms with E-state index in [2.05, 4.69) is 5.48 Å². The first kappa shape index (κ1) is 12.0. The molecular weight excluding hydrogens is 238 g/mol. The van der Waals surface area contributed by atoms with E-state index in [9.17, 15) is 14.4 Å². The molecule has 1 aromatic carbocycles. The number of carboxylic acid groups (broad SMARTS) is 1. The Labute approximate surface area is 102 Å². The Morgan fingerprint density at radius 3 is 2.56 bits per heavy atom. The molecule has 1 aliphatic rings. The number of carboxylic acids is 1. The fourth-order valence-corrected chi connectivity index (χ4v) is 1.58. The normalized spacial score (nSPS) is 13.9. The fourth-order valence-electron chi connectivity index (χ4n) is 1.58. The number of rotatable bonds is 4. The van der Waals surface area contributed by atoms with Crippen molar-refractivity contribution >= 4 is 23.2 Å². The summed E-state index contributed by atoms with van der Waals surface area (Å²) < 4.78 is 0. The molecule has 18 heavy (non-hydrogen) atoms. The van der Waals surface area contributed by atoms with Gasteiger partial charge < -0.3 is 5.11 Å². The van der Waals surface area contributed by atoms with Crippen molar-refractivity contribution in [3.63, 3.8) is 0 Å². The van der Waals surface area contributed by atoms with Crippen LogP contribution in [0.25, 0.3) is 5.70 Å². The quantitative estimate of drug-likeness (QED) is 0.591. The molecular formula is C12H9NO5. The number of aliphatic carboxylic acids is 1. The molecule has 0 atom stereocenters. The van der Waals surface area contributed by atoms with E-state index in [4.69, 9.17) is 9.94 Å². The van der Waals surface area contributed by atoms with Gasteiger partial charge in [0, 0.05) is 17.2 Å². The van der Waals surface area contributed by atoms with E-state index >= 15 is 0 Å². The predicted octanol–water partition coefficient (Wildman–Crippen LogP) is 0.399. The molecule has 1 aromatic rings. The third-order valence-electron chi connectivity index (χ3n) is 2.34. The van der Waals surface area contributed by atoms with E-state index in [1.165, 1.54) is 6.07 Å². The van der Waals surface area contributed by atoms with Crippen molar-refractivity contribution < 1.29 is 24.3 Å². The molecule has 0 unspecified atom stereocenters. The second-order valence-electron chi connectivity index (χ2n) is 3.58. The highest BCUT2D eigenvalue weighted by Crippen LogP contribution is 2.22. The highest BCUT2D eigenvalue weighted by atomic mass is 16.7. The van der Waals surface area contributed by atoms with E-state index in [1.54, 1.807) is 18.2 Å². The van der Waals surface area contributed by atoms with E-state index in [-0.39, 0.29) is 11.3 Å². The summed E-state index contributed by atoms with van der Waals surface area (Å²) in [4.78, 5) is 38.0. The number of allylic oxidation sites excluding steroid dienone is 1. The number of carbonyl (C=O) groups is 3. The molecule has 2 N–H and O–H groups in total. The SMILES string of the molecule is O=C(O)CONC1=CC(=O)C(=O)c2ccccc21. The van der Waals surface area contributed by atoms with E-state index in [0.29, 0.717) is 5.56 Å². The molecule has 6 nitrogen and oxygen atoms in total. The Bertz CT molecular complexity index is 561. The average Bonchev–Trinajstić information content (AvgIpc) is 2.35. The monoisotopic (exact) mass is 247 g/mol. The summed E-state index contributed by atoms with van der Waals surface area (Å²) in [7, 11) is 0. The third-order valence-corrected chi connectivity index (χ3v) is 2.34. The summed E-state index contributed by atoms with van der Waals surface area (Å²) in [5, 5.41) is 8.43. The molecule has 0 saturated heterocycles. The standard InChI is InChI=1S/C12H9NO5/c14-10-5-9(13-18-6-11(15)16)7-3-1-2-4-8(7)12(10)17/h1-5,13H,6H2,(H,15,16). The summed E-state index contributed by atoms with van der Waals surface area (Å²) in [6.07, 6.45) is 1.09. The molecule has 2 rings (SSSR count). The maximum atomic E-state index is 11.6. The zero-order chi connectivity index (χ0) is 13.1. The molecule has 0 aliphatic heterocycles. The second-order valence-corrected chi connectivity index (χ2v) is 3.58. The molecule has 0 aromatic heterocycles. The number of fused-ring (bicyclic) bond motifs is 1. The smallest absolute Gasteiger partial charge is 0.332 e. The van der Waals surface area contributed by atoms with Crippen molar-refractivity contribution in [1.82, 2.24) is 5.48 Å². The van der Waals surface area contributed by atoms with Crippen molar-refractivity contribution in [3.05, 3.63) is 41.5 Å². The van der Waals surface area contributed by atoms with Crippen LogP contribution in [0.3, 0.4) is 0 Å². The lowest BCUT2D eigenvalue weighted by atomic mass is 9.93. The predicted molar refractivity (Wildman–Crippen MR) is 60.5 cm³/mol. The van der Waals surface area contributed by atoms with E-state index in [1.807, 2.05) is 0 Å². The molecule has 6 heteroatoms. The number of ketones is 2. The molecule has 0 saturated carbocycles. The lowest BCUT2D eigenvalue weighted by Crippen LogP contribution is -2.26. The van der Waals surface area contributed by atoms with Gasteiger partial charge in [-0.3, -0.25) is 19.9 Å². The van der Waals surface area contributed by atoms with Crippen molar-refractivity contribution in [1.29, 1.82) is 0 Å². The first-order valence-electron chi connectivity index (χ1n) is 5.09. The van der Waals surface area contributed by atoms with Crippen LogP contribution < -0.4 is 5.48 Å². The number of hydrogen-bond acceptors (Lipinski definition) is 5. The Kier molecular flexibility index (Phi) is 3.20. The minimum Gasteiger partial charge on any atom is -0.479 e. The van der Waals surface area contributed by atoms with Gasteiger partial charge in [-0.1, -0.05) is 24.3 Å². The molecule has 0 amide bonds. The highest BCUT2D eigenvalue weighted by molar-refractivity contribution is 6.50. The van der Waals surface area contributed by atoms with Crippen molar-refractivity contribution in [2.24, 2.45) is 0 Å². The first-order chi connectivity index (χ1) is 8.59. The van der Waals surface area contributed by atoms with Crippen LogP contribution in [0.2, 0.25) is 0 Å². The van der Waals surface area contributed by atoms with E-state index in [0.717, 1.165) is 6.08 Å². The molecule has 0 fully saturated rings. The van der Waals surface area contributed by atoms with Gasteiger partial charge >= 0.3 is 5.97 Å². The van der Waals surface area contributed by atoms with Gasteiger partial charge in [-0.2, -0.15) is 0 Å². The number of Topliss-reactive ketones (excluding diaryl/α,β-unsaturated/α-hetero) is 1. The van der Waals surface area contributed by atoms with E-state index < -0.39 is 24.1 Å². The summed E-state index contributed by atoms with van der Waals surface area (Å²) in [6, 6.07) is 6.52. The summed E-state index contributed by atoms with van der Waals surface area (Å²) in [5.74, 6) is -2.40. The Hall–Kier alpha value is -2.47. The fraction of sp³-hybridized carbons (Fsp3) is 0.0833. The van der Waals surface area contributed by atoms with Crippen LogP contribution in [0.15, 0.2) is 30.3 Å². The molecule has 0 spiro atoms. The van der Waals surface area contributed by atoms with Crippen LogP contribution in [-0.2, 0) is 14.4 Å². The van der Waals surface area contributed by atoms with Crippen LogP contribution in [0, 0.1) is 0 Å². The lowest BCUT2D eigenvalue weighted by molar-refractivity contribution is -0.143. The van der Waals surface area contributed by atoms with Crippen LogP contribution >= 0.6 is 0 Å². The van der Waals surface area contributed by atoms with Crippen molar-refractivity contribution in [3.8, 4) is 0 Å². The largest absolute Gasteiger partial charge is 0.479 e. The number of nitrogens with one attached hydrogen (secondary N) is 1. The Balaban J connectivity index is 2.25. The van der Waals surface area contributed by atoms with Gasteiger partial charge in [0.1, 0.15) is 0 Å². The maximum absolute atomic E-state index is 11.6. The minimum absolute atomic E-state index is 0.270. The van der Waals surface area contributed by atoms with Gasteiger partial charge in [-0.15, -0.1) is 0 Å². The first-order valence-corrected chi connectivity index (χ1v) is 5.09. The van der Waals surface area contributed by atoms with Crippen molar-refractivity contribution in [2.45, 2.75) is 0 Å². The number of hydroxylamine groups is 1. The van der Waals surface area contributed by atoms with Crippen LogP contribution in [0.5, 0.6) is 0 Å². The van der Waals surface area contributed by atoms with Crippen LogP contribution in [0.4, 0.5) is 0 Å². The molecule has 1 aliphatic carbocycles. The molecule has 0 heterocycles. The molecule has 0 bridgehead atoms. The second kappa shape index (κ2) is 4.80. The lowest BCUT2D eigenvalue weighted by Gasteiger charge is -2.16. The zero-order valence-electron chi connectivity index (χ0n) is 9.17. The zero-order valence-corrected chi connectivity index (χ0v) is 9.17. The van der Waals surface area contributed by atoms with Gasteiger partial charge in [0.05, 0.1) is 5.70 Å².